The van der Waals surface area contributed by atoms with E-state index in [0.29, 0.717) is 70.6 Å². The van der Waals surface area contributed by atoms with E-state index in [0.717, 1.165) is 42.9 Å². The predicted molar refractivity (Wildman–Crippen MR) is 203 cm³/mol. The van der Waals surface area contributed by atoms with Gasteiger partial charge in [0.25, 0.3) is 0 Å². The highest BCUT2D eigenvalue weighted by Crippen LogP contribution is 2.40. The highest BCUT2D eigenvalue weighted by atomic mass is 35.5. The number of methoxy groups -OCH3 is 2. The summed E-state index contributed by atoms with van der Waals surface area (Å²) < 4.78 is 23.9. The molecule has 10 nitrogen and oxygen atoms in total. The molecule has 4 aliphatic heterocycles. The van der Waals surface area contributed by atoms with Gasteiger partial charge in [-0.2, -0.15) is 4.73 Å². The lowest BCUT2D eigenvalue weighted by Gasteiger charge is -2.46. The number of nitrogens with zero attached hydrogens (tertiary/aromatic N) is 3. The van der Waals surface area contributed by atoms with E-state index in [2.05, 4.69) is 21.9 Å². The van der Waals surface area contributed by atoms with E-state index in [1.165, 1.54) is 30.8 Å². The summed E-state index contributed by atoms with van der Waals surface area (Å²) in [4.78, 5) is 34.0. The van der Waals surface area contributed by atoms with Crippen molar-refractivity contribution in [3.63, 3.8) is 0 Å². The van der Waals surface area contributed by atoms with Crippen LogP contribution in [0, 0.1) is 11.1 Å². The number of halogens is 2. The number of thiophene rings is 1. The van der Waals surface area contributed by atoms with Crippen molar-refractivity contribution in [2.45, 2.75) is 56.3 Å². The van der Waals surface area contributed by atoms with Crippen molar-refractivity contribution in [3.8, 4) is 11.5 Å². The second-order valence-corrected chi connectivity index (χ2v) is 16.1. The van der Waals surface area contributed by atoms with Gasteiger partial charge in [-0.15, -0.1) is 11.3 Å². The van der Waals surface area contributed by atoms with Crippen molar-refractivity contribution >= 4 is 46.5 Å². The predicted octanol–water partition coefficient (Wildman–Crippen LogP) is 7.02. The third kappa shape index (κ3) is 8.15. The molecule has 0 aliphatic carbocycles. The highest BCUT2D eigenvalue weighted by molar-refractivity contribution is 7.13. The Labute approximate surface area is 323 Å². The van der Waals surface area contributed by atoms with Gasteiger partial charge in [0, 0.05) is 30.0 Å². The van der Waals surface area contributed by atoms with Crippen molar-refractivity contribution in [1.29, 1.82) is 0 Å². The summed E-state index contributed by atoms with van der Waals surface area (Å²) in [5.74, 6) is 0.846. The second-order valence-electron chi connectivity index (χ2n) is 14.1. The maximum absolute atomic E-state index is 14.1. The molecule has 4 aliphatic rings. The Bertz CT molecular complexity index is 1900. The molecular formula is C40H43Cl2N3O7S. The summed E-state index contributed by atoms with van der Waals surface area (Å²) in [7, 11) is 3.07. The summed E-state index contributed by atoms with van der Waals surface area (Å²) >= 11 is 14.2. The largest absolute Gasteiger partial charge is 0.619 e. The maximum atomic E-state index is 14.1. The zero-order chi connectivity index (χ0) is 37.1. The molecule has 2 aromatic heterocycles. The normalized spacial score (nSPS) is 21.5. The van der Waals surface area contributed by atoms with Crippen molar-refractivity contribution in [2.75, 3.05) is 46.9 Å². The van der Waals surface area contributed by atoms with Gasteiger partial charge in [0.05, 0.1) is 19.6 Å². The van der Waals surface area contributed by atoms with Crippen molar-refractivity contribution in [1.82, 2.24) is 9.80 Å². The number of pyridine rings is 1. The van der Waals surface area contributed by atoms with E-state index in [9.17, 15) is 14.8 Å². The van der Waals surface area contributed by atoms with Crippen LogP contribution < -0.4 is 14.2 Å². The quantitative estimate of drug-likeness (QED) is 0.0853. The van der Waals surface area contributed by atoms with Crippen LogP contribution in [0.25, 0.3) is 0 Å². The van der Waals surface area contributed by atoms with Crippen LogP contribution in [0.1, 0.15) is 63.0 Å². The minimum Gasteiger partial charge on any atom is -0.619 e. The number of likely N-dealkylation sites (tertiary alicyclic amines) is 1. The number of rotatable bonds is 12. The molecule has 2 bridgehead atoms. The van der Waals surface area contributed by atoms with Crippen LogP contribution in [-0.4, -0.2) is 74.8 Å². The summed E-state index contributed by atoms with van der Waals surface area (Å²) in [6.07, 6.45) is 5.20. The minimum atomic E-state index is -0.806. The third-order valence-corrected chi connectivity index (χ3v) is 12.7. The van der Waals surface area contributed by atoms with E-state index in [1.807, 2.05) is 24.3 Å². The first kappa shape index (κ1) is 37.4. The van der Waals surface area contributed by atoms with Crippen molar-refractivity contribution in [3.05, 3.63) is 115 Å². The van der Waals surface area contributed by atoms with Gasteiger partial charge in [0.15, 0.2) is 23.9 Å². The zero-order valence-electron chi connectivity index (χ0n) is 29.8. The number of esters is 2. The Morgan fingerprint density at radius 3 is 2.28 bits per heavy atom. The number of ether oxygens (including phenoxy) is 4. The number of carbonyl (C=O) groups is 2. The lowest BCUT2D eigenvalue weighted by atomic mass is 9.72. The molecule has 0 radical (unpaired) electrons. The molecule has 53 heavy (non-hydrogen) atoms. The average Bonchev–Trinajstić information content (AvgIpc) is 3.65. The maximum Gasteiger partial charge on any atom is 0.348 e. The molecule has 4 saturated heterocycles. The van der Waals surface area contributed by atoms with E-state index >= 15 is 0 Å². The van der Waals surface area contributed by atoms with Gasteiger partial charge in [-0.3, -0.25) is 14.6 Å². The van der Waals surface area contributed by atoms with E-state index < -0.39 is 17.5 Å². The first-order valence-electron chi connectivity index (χ1n) is 18.0. The molecule has 0 saturated carbocycles. The Hall–Kier alpha value is -3.87. The van der Waals surface area contributed by atoms with Gasteiger partial charge in [-0.05, 0) is 93.2 Å². The molecule has 4 aromatic rings. The minimum absolute atomic E-state index is 0.0365. The van der Waals surface area contributed by atoms with E-state index in [1.54, 1.807) is 31.4 Å². The number of piperidine rings is 4. The van der Waals surface area contributed by atoms with Crippen LogP contribution in [0.4, 0.5) is 0 Å². The van der Waals surface area contributed by atoms with Gasteiger partial charge in [-0.1, -0.05) is 59.6 Å². The fraction of sp³-hybridized carbons (Fsp3) is 0.425. The standard InChI is InChI=1S/C40H43Cl2N3O7S/c1-49-33-10-8-27(20-35(33)50-2)34(21-30-31(41)23-45(48)24-32(30)42)51-38(46)37-11-9-29(53-37)22-44-18-14-40(15-19-44,28-6-4-3-5-7-28)39(47)52-36-25-43-16-12-26(36)13-17-43/h3-11,20,23-24,26,34,36H,12-19,21-22,25H2,1-2H3/t34-,36-/m0/s1. The molecule has 0 spiro atoms. The van der Waals surface area contributed by atoms with E-state index in [4.69, 9.17) is 42.1 Å². The topological polar surface area (TPSA) is 104 Å². The zero-order valence-corrected chi connectivity index (χ0v) is 32.1. The first-order valence-corrected chi connectivity index (χ1v) is 19.5. The fourth-order valence-electron chi connectivity index (χ4n) is 7.93. The Balaban J connectivity index is 1.04. The van der Waals surface area contributed by atoms with Crippen LogP contribution in [0.2, 0.25) is 10.0 Å². The fourth-order valence-corrected chi connectivity index (χ4v) is 9.46. The summed E-state index contributed by atoms with van der Waals surface area (Å²) in [5.41, 5.74) is 1.44. The molecular weight excluding hydrogens is 737 g/mol. The van der Waals surface area contributed by atoms with Gasteiger partial charge in [0.1, 0.15) is 27.1 Å². The smallest absolute Gasteiger partial charge is 0.348 e. The first-order chi connectivity index (χ1) is 25.6. The van der Waals surface area contributed by atoms with Gasteiger partial charge < -0.3 is 24.2 Å². The molecule has 0 unspecified atom stereocenters. The molecule has 2 aromatic carbocycles. The third-order valence-electron chi connectivity index (χ3n) is 11.0. The SMILES string of the molecule is COc1ccc([C@H](Cc2c(Cl)c[n+]([O-])cc2Cl)OC(=O)c2ccc(CN3CCC(C(=O)O[C@H]4CN5CCC4CC5)(c4ccccc4)CC3)s2)cc1OC. The molecule has 0 N–H and O–H groups in total. The summed E-state index contributed by atoms with van der Waals surface area (Å²) in [5, 5.41) is 12.2. The number of fused-ring (bicyclic) bond motifs is 3. The number of aromatic nitrogens is 1. The molecule has 8 rings (SSSR count). The Morgan fingerprint density at radius 1 is 0.943 bits per heavy atom. The monoisotopic (exact) mass is 779 g/mol. The van der Waals surface area contributed by atoms with Crippen LogP contribution in [0.3, 0.4) is 0 Å². The van der Waals surface area contributed by atoms with Gasteiger partial charge >= 0.3 is 11.9 Å². The Morgan fingerprint density at radius 2 is 1.64 bits per heavy atom. The molecule has 280 valence electrons. The van der Waals surface area contributed by atoms with Gasteiger partial charge in [-0.25, -0.2) is 4.79 Å². The van der Waals surface area contributed by atoms with Crippen LogP contribution in [-0.2, 0) is 32.6 Å². The number of hydrogen-bond acceptors (Lipinski definition) is 10. The van der Waals surface area contributed by atoms with Crippen LogP contribution in [0.5, 0.6) is 11.5 Å². The van der Waals surface area contributed by atoms with Crippen molar-refractivity contribution in [2.24, 2.45) is 5.92 Å². The second kappa shape index (κ2) is 16.2. The molecule has 6 heterocycles. The molecule has 2 atom stereocenters. The van der Waals surface area contributed by atoms with Crippen molar-refractivity contribution < 1.29 is 33.3 Å². The van der Waals surface area contributed by atoms with Crippen LogP contribution >= 0.6 is 34.5 Å². The molecule has 4 fully saturated rings. The lowest BCUT2D eigenvalue weighted by molar-refractivity contribution is -0.605. The summed E-state index contributed by atoms with van der Waals surface area (Å²) in [6.45, 7) is 5.09. The summed E-state index contributed by atoms with van der Waals surface area (Å²) in [6, 6.07) is 19.1. The molecule has 13 heteroatoms. The number of benzene rings is 2. The lowest BCUT2D eigenvalue weighted by Crippen LogP contribution is -2.54. The average molecular weight is 781 g/mol. The Kier molecular flexibility index (Phi) is 11.5. The van der Waals surface area contributed by atoms with Crippen LogP contribution in [0.15, 0.2) is 73.1 Å². The van der Waals surface area contributed by atoms with Gasteiger partial charge in [0.2, 0.25) is 0 Å². The number of hydrogen-bond donors (Lipinski definition) is 0. The van der Waals surface area contributed by atoms with E-state index in [-0.39, 0.29) is 28.5 Å². The molecule has 0 amide bonds. The number of carbonyl (C=O) groups excluding carboxylic acids is 2. The highest BCUT2D eigenvalue weighted by Gasteiger charge is 2.47.